The highest BCUT2D eigenvalue weighted by atomic mass is 32.2. The van der Waals surface area contributed by atoms with Gasteiger partial charge in [0.05, 0.1) is 24.0 Å². The van der Waals surface area contributed by atoms with Gasteiger partial charge in [-0.05, 0) is 30.3 Å². The van der Waals surface area contributed by atoms with Crippen molar-refractivity contribution in [3.63, 3.8) is 0 Å². The summed E-state index contributed by atoms with van der Waals surface area (Å²) in [5, 5.41) is 3.91. The third-order valence-electron chi connectivity index (χ3n) is 5.43. The Morgan fingerprint density at radius 2 is 1.69 bits per heavy atom. The number of amides is 1. The van der Waals surface area contributed by atoms with Crippen molar-refractivity contribution in [2.45, 2.75) is 10.8 Å². The van der Waals surface area contributed by atoms with E-state index in [1.165, 1.54) is 16.4 Å². The first-order chi connectivity index (χ1) is 15.5. The van der Waals surface area contributed by atoms with Crippen LogP contribution in [0.25, 0.3) is 11.6 Å². The highest BCUT2D eigenvalue weighted by molar-refractivity contribution is 7.89. The summed E-state index contributed by atoms with van der Waals surface area (Å²) >= 11 is 0. The van der Waals surface area contributed by atoms with Gasteiger partial charge in [0.15, 0.2) is 0 Å². The molecule has 0 bridgehead atoms. The third kappa shape index (κ3) is 3.87. The number of benzene rings is 1. The normalized spacial score (nSPS) is 17.8. The standard InChI is InChI=1S/C20H20N6O5S/c27-20(14-2-4-16(5-3-14)32(28,29)26-8-10-30-11-9-26)25-12-15(13-25)19-23-18(24-31-19)17-21-6-1-7-22-17/h1-7,15H,8-13H2. The molecule has 0 atom stereocenters. The van der Waals surface area contributed by atoms with Crippen molar-refractivity contribution in [3.05, 3.63) is 54.2 Å². The fourth-order valence-corrected chi connectivity index (χ4v) is 5.00. The summed E-state index contributed by atoms with van der Waals surface area (Å²) in [4.78, 5) is 27.1. The summed E-state index contributed by atoms with van der Waals surface area (Å²) in [5.41, 5.74) is 0.424. The lowest BCUT2D eigenvalue weighted by Gasteiger charge is -2.37. The third-order valence-corrected chi connectivity index (χ3v) is 7.35. The monoisotopic (exact) mass is 456 g/mol. The zero-order valence-corrected chi connectivity index (χ0v) is 17.8. The van der Waals surface area contributed by atoms with Crippen molar-refractivity contribution in [1.29, 1.82) is 0 Å². The molecule has 0 radical (unpaired) electrons. The van der Waals surface area contributed by atoms with Crippen LogP contribution in [0.1, 0.15) is 22.2 Å². The van der Waals surface area contributed by atoms with Crippen LogP contribution in [0.3, 0.4) is 0 Å². The van der Waals surface area contributed by atoms with E-state index in [0.717, 1.165) is 0 Å². The van der Waals surface area contributed by atoms with Crippen LogP contribution in [0.2, 0.25) is 0 Å². The maximum Gasteiger partial charge on any atom is 0.253 e. The minimum Gasteiger partial charge on any atom is -0.379 e. The van der Waals surface area contributed by atoms with E-state index in [2.05, 4.69) is 20.1 Å². The Kier molecular flexibility index (Phi) is 5.41. The van der Waals surface area contributed by atoms with Gasteiger partial charge < -0.3 is 14.2 Å². The lowest BCUT2D eigenvalue weighted by atomic mass is 9.99. The smallest absolute Gasteiger partial charge is 0.253 e. The van der Waals surface area contributed by atoms with Crippen LogP contribution in [0.15, 0.2) is 52.1 Å². The van der Waals surface area contributed by atoms with Gasteiger partial charge in [-0.1, -0.05) is 5.16 Å². The highest BCUT2D eigenvalue weighted by Gasteiger charge is 2.36. The van der Waals surface area contributed by atoms with Crippen molar-refractivity contribution in [3.8, 4) is 11.6 Å². The molecule has 1 amide bonds. The molecule has 32 heavy (non-hydrogen) atoms. The molecule has 2 aliphatic rings. The predicted octanol–water partition coefficient (Wildman–Crippen LogP) is 0.787. The second-order valence-corrected chi connectivity index (χ2v) is 9.41. The molecule has 0 saturated carbocycles. The van der Waals surface area contributed by atoms with Gasteiger partial charge in [-0.2, -0.15) is 9.29 Å². The summed E-state index contributed by atoms with van der Waals surface area (Å²) < 4.78 is 37.4. The molecule has 0 unspecified atom stereocenters. The zero-order chi connectivity index (χ0) is 22.1. The number of likely N-dealkylation sites (tertiary alicyclic amines) is 1. The number of aromatic nitrogens is 4. The lowest BCUT2D eigenvalue weighted by Crippen LogP contribution is -2.48. The Morgan fingerprint density at radius 3 is 2.38 bits per heavy atom. The number of hydrogen-bond acceptors (Lipinski definition) is 9. The Balaban J connectivity index is 1.21. The average Bonchev–Trinajstić information content (AvgIpc) is 3.29. The van der Waals surface area contributed by atoms with E-state index in [4.69, 9.17) is 9.26 Å². The van der Waals surface area contributed by atoms with E-state index in [1.807, 2.05) is 0 Å². The molecule has 2 fully saturated rings. The summed E-state index contributed by atoms with van der Waals surface area (Å²) in [6.07, 6.45) is 3.19. The first-order valence-corrected chi connectivity index (χ1v) is 11.5. The van der Waals surface area contributed by atoms with Crippen molar-refractivity contribution >= 4 is 15.9 Å². The summed E-state index contributed by atoms with van der Waals surface area (Å²) in [6, 6.07) is 7.73. The number of carbonyl (C=O) groups is 1. The Bertz CT molecular complexity index is 1200. The quantitative estimate of drug-likeness (QED) is 0.546. The Hall–Kier alpha value is -3.22. The first-order valence-electron chi connectivity index (χ1n) is 10.1. The molecule has 2 aliphatic heterocycles. The summed E-state index contributed by atoms with van der Waals surface area (Å²) in [6.45, 7) is 2.28. The van der Waals surface area contributed by atoms with Crippen LogP contribution in [-0.2, 0) is 14.8 Å². The Labute approximate surface area is 184 Å². The first kappa shape index (κ1) is 20.7. The van der Waals surface area contributed by atoms with Crippen LogP contribution in [0, 0.1) is 0 Å². The van der Waals surface area contributed by atoms with Crippen molar-refractivity contribution < 1.29 is 22.5 Å². The van der Waals surface area contributed by atoms with Gasteiger partial charge in [-0.25, -0.2) is 18.4 Å². The van der Waals surface area contributed by atoms with E-state index < -0.39 is 10.0 Å². The topological polar surface area (TPSA) is 132 Å². The van der Waals surface area contributed by atoms with E-state index in [9.17, 15) is 13.2 Å². The van der Waals surface area contributed by atoms with Crippen molar-refractivity contribution in [1.82, 2.24) is 29.3 Å². The van der Waals surface area contributed by atoms with Crippen LogP contribution in [0.4, 0.5) is 0 Å². The molecule has 2 aromatic heterocycles. The predicted molar refractivity (Wildman–Crippen MR) is 110 cm³/mol. The van der Waals surface area contributed by atoms with Gasteiger partial charge in [0, 0.05) is 44.1 Å². The second kappa shape index (κ2) is 8.37. The zero-order valence-electron chi connectivity index (χ0n) is 17.0. The molecule has 5 rings (SSSR count). The molecule has 12 heteroatoms. The molecule has 4 heterocycles. The Morgan fingerprint density at radius 1 is 1.00 bits per heavy atom. The van der Waals surface area contributed by atoms with Crippen LogP contribution in [0.5, 0.6) is 0 Å². The van der Waals surface area contributed by atoms with E-state index >= 15 is 0 Å². The van der Waals surface area contributed by atoms with E-state index in [1.54, 1.807) is 35.5 Å². The second-order valence-electron chi connectivity index (χ2n) is 7.48. The number of ether oxygens (including phenoxy) is 1. The SMILES string of the molecule is O=C(c1ccc(S(=O)(=O)N2CCOCC2)cc1)N1CC(c2nc(-c3ncccn3)no2)C1. The summed E-state index contributed by atoms with van der Waals surface area (Å²) in [7, 11) is -3.59. The molecule has 2 saturated heterocycles. The van der Waals surface area contributed by atoms with Gasteiger partial charge in [0.2, 0.25) is 27.6 Å². The average molecular weight is 456 g/mol. The molecule has 1 aromatic carbocycles. The number of carbonyl (C=O) groups excluding carboxylic acids is 1. The van der Waals surface area contributed by atoms with Crippen LogP contribution >= 0.6 is 0 Å². The minimum absolute atomic E-state index is 0.0649. The van der Waals surface area contributed by atoms with Crippen LogP contribution in [-0.4, -0.2) is 83.0 Å². The van der Waals surface area contributed by atoms with Gasteiger partial charge in [-0.3, -0.25) is 4.79 Å². The molecular weight excluding hydrogens is 436 g/mol. The summed E-state index contributed by atoms with van der Waals surface area (Å²) in [5.74, 6) is 0.875. The van der Waals surface area contributed by atoms with Crippen LogP contribution < -0.4 is 0 Å². The molecular formula is C20H20N6O5S. The maximum absolute atomic E-state index is 12.8. The highest BCUT2D eigenvalue weighted by Crippen LogP contribution is 2.28. The molecule has 3 aromatic rings. The minimum atomic E-state index is -3.59. The largest absolute Gasteiger partial charge is 0.379 e. The lowest BCUT2D eigenvalue weighted by molar-refractivity contribution is 0.0569. The van der Waals surface area contributed by atoms with Gasteiger partial charge in [0.1, 0.15) is 0 Å². The molecule has 0 N–H and O–H groups in total. The van der Waals surface area contributed by atoms with Gasteiger partial charge in [0.25, 0.3) is 5.91 Å². The van der Waals surface area contributed by atoms with E-state index in [-0.39, 0.29) is 16.7 Å². The number of hydrogen-bond donors (Lipinski definition) is 0. The van der Waals surface area contributed by atoms with Crippen molar-refractivity contribution in [2.75, 3.05) is 39.4 Å². The van der Waals surface area contributed by atoms with Gasteiger partial charge in [-0.15, -0.1) is 0 Å². The van der Waals surface area contributed by atoms with Gasteiger partial charge >= 0.3 is 0 Å². The number of nitrogens with zero attached hydrogens (tertiary/aromatic N) is 6. The molecule has 166 valence electrons. The fraction of sp³-hybridized carbons (Fsp3) is 0.350. The fourth-order valence-electron chi connectivity index (χ4n) is 3.60. The number of morpholine rings is 1. The van der Waals surface area contributed by atoms with E-state index in [0.29, 0.717) is 62.5 Å². The number of rotatable bonds is 5. The number of sulfonamides is 1. The molecule has 11 nitrogen and oxygen atoms in total. The van der Waals surface area contributed by atoms with Crippen molar-refractivity contribution in [2.24, 2.45) is 0 Å². The molecule has 0 aliphatic carbocycles. The molecule has 0 spiro atoms. The maximum atomic E-state index is 12.8.